The highest BCUT2D eigenvalue weighted by molar-refractivity contribution is 7.13. The quantitative estimate of drug-likeness (QED) is 0.781. The largest absolute Gasteiger partial charge is 0.325 e. The van der Waals surface area contributed by atoms with Gasteiger partial charge in [0.15, 0.2) is 0 Å². The van der Waals surface area contributed by atoms with Crippen molar-refractivity contribution in [2.45, 2.75) is 33.1 Å². The summed E-state index contributed by atoms with van der Waals surface area (Å²) in [7, 11) is 0. The summed E-state index contributed by atoms with van der Waals surface area (Å²) in [5.74, 6) is 0. The molecule has 0 unspecified atom stereocenters. The Balaban J connectivity index is 1.50. The van der Waals surface area contributed by atoms with Crippen LogP contribution in [0.15, 0.2) is 29.6 Å². The van der Waals surface area contributed by atoms with Crippen LogP contribution in [0.1, 0.15) is 31.9 Å². The number of hydrogen-bond donors (Lipinski definition) is 1. The normalized spacial score (nSPS) is 14.5. The van der Waals surface area contributed by atoms with Crippen molar-refractivity contribution < 1.29 is 4.79 Å². The van der Waals surface area contributed by atoms with Gasteiger partial charge >= 0.3 is 6.03 Å². The molecule has 1 aromatic carbocycles. The van der Waals surface area contributed by atoms with Crippen LogP contribution in [-0.2, 0) is 0 Å². The van der Waals surface area contributed by atoms with E-state index in [4.69, 9.17) is 0 Å². The second-order valence-electron chi connectivity index (χ2n) is 6.78. The molecule has 1 N–H and O–H groups in total. The zero-order chi connectivity index (χ0) is 18.4. The molecule has 2 amide bonds. The van der Waals surface area contributed by atoms with Crippen molar-refractivity contribution in [1.29, 1.82) is 0 Å². The molecule has 1 aromatic heterocycles. The van der Waals surface area contributed by atoms with Crippen LogP contribution in [0.2, 0.25) is 0 Å². The number of hydrogen-bond acceptors (Lipinski definition) is 4. The number of urea groups is 1. The Labute approximate surface area is 160 Å². The smallest absolute Gasteiger partial charge is 0.321 e. The molecule has 0 atom stereocenters. The molecule has 2 aromatic rings. The van der Waals surface area contributed by atoms with Gasteiger partial charge in [0.25, 0.3) is 0 Å². The van der Waals surface area contributed by atoms with Crippen LogP contribution in [0, 0.1) is 6.92 Å². The molecule has 26 heavy (non-hydrogen) atoms. The van der Waals surface area contributed by atoms with Gasteiger partial charge < -0.3 is 15.1 Å². The lowest BCUT2D eigenvalue weighted by atomic mass is 10.2. The molecule has 0 spiro atoms. The second-order valence-corrected chi connectivity index (χ2v) is 7.64. The number of likely N-dealkylation sites (tertiary alicyclic amines) is 1. The predicted molar refractivity (Wildman–Crippen MR) is 109 cm³/mol. The number of nitrogens with one attached hydrogen (secondary N) is 1. The first-order chi connectivity index (χ1) is 12.7. The number of benzene rings is 1. The highest BCUT2D eigenvalue weighted by Crippen LogP contribution is 2.24. The van der Waals surface area contributed by atoms with Crippen molar-refractivity contribution in [1.82, 2.24) is 14.8 Å². The molecule has 1 aliphatic rings. The number of amides is 2. The van der Waals surface area contributed by atoms with E-state index in [2.05, 4.69) is 15.2 Å². The maximum atomic E-state index is 12.5. The van der Waals surface area contributed by atoms with Gasteiger partial charge in [0.1, 0.15) is 5.01 Å². The third-order valence-corrected chi connectivity index (χ3v) is 5.78. The minimum Gasteiger partial charge on any atom is -0.325 e. The zero-order valence-corrected chi connectivity index (χ0v) is 16.5. The fourth-order valence-corrected chi connectivity index (χ4v) is 4.08. The molecule has 5 nitrogen and oxygen atoms in total. The molecule has 1 aliphatic heterocycles. The lowest BCUT2D eigenvalue weighted by molar-refractivity contribution is 0.210. The minimum atomic E-state index is -0.0215. The van der Waals surface area contributed by atoms with Crippen molar-refractivity contribution >= 4 is 23.1 Å². The summed E-state index contributed by atoms with van der Waals surface area (Å²) < 4.78 is 0. The molecule has 140 valence electrons. The number of aromatic nitrogens is 1. The third kappa shape index (κ3) is 5.05. The van der Waals surface area contributed by atoms with Gasteiger partial charge in [0.2, 0.25) is 0 Å². The van der Waals surface area contributed by atoms with E-state index >= 15 is 0 Å². The van der Waals surface area contributed by atoms with E-state index in [0.29, 0.717) is 0 Å². The van der Waals surface area contributed by atoms with Crippen molar-refractivity contribution in [3.05, 3.63) is 35.3 Å². The van der Waals surface area contributed by atoms with Gasteiger partial charge in [0, 0.05) is 35.4 Å². The number of carbonyl (C=O) groups excluding carboxylic acids is 1. The zero-order valence-electron chi connectivity index (χ0n) is 15.7. The number of nitrogens with zero attached hydrogens (tertiary/aromatic N) is 3. The van der Waals surface area contributed by atoms with Gasteiger partial charge in [0.05, 0.1) is 0 Å². The van der Waals surface area contributed by atoms with Crippen LogP contribution < -0.4 is 5.32 Å². The number of rotatable bonds is 7. The summed E-state index contributed by atoms with van der Waals surface area (Å²) in [5.41, 5.74) is 2.94. The highest BCUT2D eigenvalue weighted by Gasteiger charge is 2.14. The van der Waals surface area contributed by atoms with Crippen LogP contribution in [-0.4, -0.2) is 53.5 Å². The third-order valence-electron chi connectivity index (χ3n) is 4.77. The van der Waals surface area contributed by atoms with Crippen LogP contribution in [0.4, 0.5) is 10.5 Å². The number of aryl methyl sites for hydroxylation is 1. The van der Waals surface area contributed by atoms with E-state index in [1.54, 1.807) is 11.3 Å². The van der Waals surface area contributed by atoms with E-state index in [-0.39, 0.29) is 6.03 Å². The molecule has 1 fully saturated rings. The van der Waals surface area contributed by atoms with Gasteiger partial charge in [-0.15, -0.1) is 11.3 Å². The monoisotopic (exact) mass is 372 g/mol. The van der Waals surface area contributed by atoms with Crippen molar-refractivity contribution in [2.24, 2.45) is 0 Å². The molecule has 0 aliphatic carbocycles. The average molecular weight is 373 g/mol. The fourth-order valence-electron chi connectivity index (χ4n) is 3.28. The van der Waals surface area contributed by atoms with E-state index < -0.39 is 0 Å². The van der Waals surface area contributed by atoms with Crippen LogP contribution in [0.5, 0.6) is 0 Å². The predicted octanol–water partition coefficient (Wildman–Crippen LogP) is 4.46. The van der Waals surface area contributed by atoms with Gasteiger partial charge in [-0.3, -0.25) is 0 Å². The summed E-state index contributed by atoms with van der Waals surface area (Å²) >= 11 is 1.64. The van der Waals surface area contributed by atoms with Crippen molar-refractivity contribution in [3.8, 4) is 10.6 Å². The van der Waals surface area contributed by atoms with Gasteiger partial charge in [-0.1, -0.05) is 0 Å². The van der Waals surface area contributed by atoms with E-state index in [0.717, 1.165) is 48.0 Å². The van der Waals surface area contributed by atoms with Gasteiger partial charge in [-0.2, -0.15) is 0 Å². The Hall–Kier alpha value is -1.92. The summed E-state index contributed by atoms with van der Waals surface area (Å²) in [6, 6.07) is 7.89. The summed E-state index contributed by atoms with van der Waals surface area (Å²) in [6.07, 6.45) is 3.66. The molecular formula is C20H28N4OS. The Kier molecular flexibility index (Phi) is 6.63. The topological polar surface area (TPSA) is 48.5 Å². The number of carbonyl (C=O) groups is 1. The minimum absolute atomic E-state index is 0.0215. The lowest BCUT2D eigenvalue weighted by Gasteiger charge is -2.23. The molecule has 0 radical (unpaired) electrons. The number of anilines is 1. The maximum Gasteiger partial charge on any atom is 0.321 e. The lowest BCUT2D eigenvalue weighted by Crippen LogP contribution is -2.36. The summed E-state index contributed by atoms with van der Waals surface area (Å²) in [5, 5.41) is 6.07. The standard InChI is InChI=1S/C20H28N4OS/c1-3-24(14-6-13-23-11-4-5-12-23)20(25)22-18-9-7-17(8-10-18)19-21-16(2)15-26-19/h7-10,15H,3-6,11-14H2,1-2H3,(H,22,25). The van der Waals surface area contributed by atoms with E-state index in [1.807, 2.05) is 48.4 Å². The van der Waals surface area contributed by atoms with Crippen LogP contribution in [0.25, 0.3) is 10.6 Å². The van der Waals surface area contributed by atoms with E-state index in [9.17, 15) is 4.79 Å². The molecule has 1 saturated heterocycles. The van der Waals surface area contributed by atoms with E-state index in [1.165, 1.54) is 25.9 Å². The first-order valence-corrected chi connectivity index (χ1v) is 10.3. The highest BCUT2D eigenvalue weighted by atomic mass is 32.1. The second kappa shape index (κ2) is 9.14. The first kappa shape index (κ1) is 18.9. The maximum absolute atomic E-state index is 12.5. The summed E-state index contributed by atoms with van der Waals surface area (Å²) in [6.45, 7) is 9.07. The molecule has 6 heteroatoms. The Bertz CT molecular complexity index is 707. The molecular weight excluding hydrogens is 344 g/mol. The molecule has 0 saturated carbocycles. The molecule has 3 rings (SSSR count). The summed E-state index contributed by atoms with van der Waals surface area (Å²) in [4.78, 5) is 21.4. The first-order valence-electron chi connectivity index (χ1n) is 9.46. The Morgan fingerprint density at radius 2 is 2.00 bits per heavy atom. The SMILES string of the molecule is CCN(CCCN1CCCC1)C(=O)Nc1ccc(-c2nc(C)cs2)cc1. The molecule has 2 heterocycles. The molecule has 0 bridgehead atoms. The van der Waals surface area contributed by atoms with Gasteiger partial charge in [-0.05, 0) is 77.0 Å². The van der Waals surface area contributed by atoms with Crippen LogP contribution >= 0.6 is 11.3 Å². The average Bonchev–Trinajstić information content (AvgIpc) is 3.31. The fraction of sp³-hybridized carbons (Fsp3) is 0.500. The Morgan fingerprint density at radius 1 is 1.27 bits per heavy atom. The van der Waals surface area contributed by atoms with Gasteiger partial charge in [-0.25, -0.2) is 9.78 Å². The van der Waals surface area contributed by atoms with Crippen LogP contribution in [0.3, 0.4) is 0 Å². The number of thiazole rings is 1. The van der Waals surface area contributed by atoms with Crippen molar-refractivity contribution in [3.63, 3.8) is 0 Å². The Morgan fingerprint density at radius 3 is 2.62 bits per heavy atom. The van der Waals surface area contributed by atoms with Crippen molar-refractivity contribution in [2.75, 3.05) is 38.0 Å².